The number of ether oxygens (including phenoxy) is 1. The first-order valence-electron chi connectivity index (χ1n) is 6.67. The molecule has 0 aliphatic heterocycles. The predicted octanol–water partition coefficient (Wildman–Crippen LogP) is 1.54. The Hall–Kier alpha value is -3.62. The number of hydrazone groups is 1. The molecule has 0 bridgehead atoms. The molecule has 0 spiro atoms. The van der Waals surface area contributed by atoms with Gasteiger partial charge in [0.2, 0.25) is 0 Å². The molecule has 0 atom stereocenters. The normalized spacial score (nSPS) is 10.5. The van der Waals surface area contributed by atoms with Gasteiger partial charge in [0.25, 0.3) is 11.6 Å². The quantitative estimate of drug-likeness (QED) is 0.318. The van der Waals surface area contributed by atoms with E-state index in [4.69, 9.17) is 9.84 Å². The van der Waals surface area contributed by atoms with Crippen LogP contribution in [-0.4, -0.2) is 33.9 Å². The minimum absolute atomic E-state index is 0.141. The largest absolute Gasteiger partial charge is 0.504 e. The maximum atomic E-state index is 11.6. The average Bonchev–Trinajstić information content (AvgIpc) is 2.56. The summed E-state index contributed by atoms with van der Waals surface area (Å²) in [4.78, 5) is 21.6. The van der Waals surface area contributed by atoms with Crippen LogP contribution in [0.1, 0.15) is 5.56 Å². The van der Waals surface area contributed by atoms with Crippen molar-refractivity contribution in [1.29, 1.82) is 0 Å². The molecular formula is C15H13N3O6. The number of amides is 1. The van der Waals surface area contributed by atoms with Gasteiger partial charge in [0, 0.05) is 6.07 Å². The molecule has 0 heterocycles. The van der Waals surface area contributed by atoms with E-state index in [1.165, 1.54) is 48.7 Å². The predicted molar refractivity (Wildman–Crippen MR) is 84.1 cm³/mol. The van der Waals surface area contributed by atoms with Crippen LogP contribution in [-0.2, 0) is 4.79 Å². The van der Waals surface area contributed by atoms with Gasteiger partial charge in [-0.2, -0.15) is 5.10 Å². The number of benzene rings is 2. The molecule has 124 valence electrons. The van der Waals surface area contributed by atoms with Gasteiger partial charge in [0.15, 0.2) is 18.1 Å². The summed E-state index contributed by atoms with van der Waals surface area (Å²) in [6.45, 7) is -0.376. The summed E-state index contributed by atoms with van der Waals surface area (Å²) in [6.07, 6.45) is 1.27. The molecule has 1 amide bonds. The Kier molecular flexibility index (Phi) is 5.29. The van der Waals surface area contributed by atoms with Crippen molar-refractivity contribution in [2.24, 2.45) is 5.10 Å². The van der Waals surface area contributed by atoms with Gasteiger partial charge in [-0.25, -0.2) is 5.43 Å². The van der Waals surface area contributed by atoms with Crippen LogP contribution >= 0.6 is 0 Å². The molecule has 3 N–H and O–H groups in total. The fourth-order valence-electron chi connectivity index (χ4n) is 1.67. The van der Waals surface area contributed by atoms with E-state index in [1.54, 1.807) is 0 Å². The number of carbonyl (C=O) groups excluding carboxylic acids is 1. The highest BCUT2D eigenvalue weighted by atomic mass is 16.6. The molecule has 2 rings (SSSR count). The zero-order valence-electron chi connectivity index (χ0n) is 12.2. The SMILES string of the molecule is O=C(COc1cccc([N+](=O)[O-])c1)NN=Cc1ccc(O)c(O)c1. The van der Waals surface area contributed by atoms with Crippen molar-refractivity contribution in [3.8, 4) is 17.2 Å². The van der Waals surface area contributed by atoms with Crippen LogP contribution in [0.3, 0.4) is 0 Å². The molecule has 0 saturated heterocycles. The third-order valence-corrected chi connectivity index (χ3v) is 2.80. The van der Waals surface area contributed by atoms with Crippen LogP contribution in [0.15, 0.2) is 47.6 Å². The maximum absolute atomic E-state index is 11.6. The number of hydrogen-bond donors (Lipinski definition) is 3. The van der Waals surface area contributed by atoms with Crippen LogP contribution in [0.2, 0.25) is 0 Å². The van der Waals surface area contributed by atoms with E-state index < -0.39 is 10.8 Å². The van der Waals surface area contributed by atoms with E-state index in [-0.39, 0.29) is 29.5 Å². The highest BCUT2D eigenvalue weighted by Gasteiger charge is 2.07. The van der Waals surface area contributed by atoms with Crippen LogP contribution in [0.4, 0.5) is 5.69 Å². The molecule has 0 unspecified atom stereocenters. The van der Waals surface area contributed by atoms with Crippen LogP contribution in [0.25, 0.3) is 0 Å². The molecular weight excluding hydrogens is 318 g/mol. The fraction of sp³-hybridized carbons (Fsp3) is 0.0667. The molecule has 0 saturated carbocycles. The molecule has 0 radical (unpaired) electrons. The second-order valence-electron chi connectivity index (χ2n) is 4.58. The Bertz CT molecular complexity index is 791. The molecule has 2 aromatic carbocycles. The van der Waals surface area contributed by atoms with Crippen molar-refractivity contribution in [2.45, 2.75) is 0 Å². The number of nitrogens with zero attached hydrogens (tertiary/aromatic N) is 2. The second kappa shape index (κ2) is 7.58. The van der Waals surface area contributed by atoms with E-state index in [1.807, 2.05) is 0 Å². The van der Waals surface area contributed by atoms with Gasteiger partial charge >= 0.3 is 0 Å². The van der Waals surface area contributed by atoms with Crippen LogP contribution in [0.5, 0.6) is 17.2 Å². The van der Waals surface area contributed by atoms with E-state index >= 15 is 0 Å². The second-order valence-corrected chi connectivity index (χ2v) is 4.58. The Labute approximate surface area is 136 Å². The molecule has 0 aromatic heterocycles. The Morgan fingerprint density at radius 1 is 1.25 bits per heavy atom. The number of phenols is 2. The van der Waals surface area contributed by atoms with E-state index in [9.17, 15) is 20.0 Å². The number of carbonyl (C=O) groups is 1. The summed E-state index contributed by atoms with van der Waals surface area (Å²) in [7, 11) is 0. The Morgan fingerprint density at radius 2 is 2.04 bits per heavy atom. The molecule has 9 nitrogen and oxygen atoms in total. The minimum Gasteiger partial charge on any atom is -0.504 e. The standard InChI is InChI=1S/C15H13N3O6/c19-13-5-4-10(6-14(13)20)8-16-17-15(21)9-24-12-3-1-2-11(7-12)18(22)23/h1-8,19-20H,9H2,(H,17,21). The number of non-ortho nitro benzene ring substituents is 1. The van der Waals surface area contributed by atoms with Crippen molar-refractivity contribution in [3.63, 3.8) is 0 Å². The van der Waals surface area contributed by atoms with Gasteiger partial charge in [-0.05, 0) is 29.8 Å². The van der Waals surface area contributed by atoms with Gasteiger partial charge < -0.3 is 14.9 Å². The van der Waals surface area contributed by atoms with Crippen molar-refractivity contribution >= 4 is 17.8 Å². The zero-order valence-corrected chi connectivity index (χ0v) is 12.2. The summed E-state index contributed by atoms with van der Waals surface area (Å²) >= 11 is 0. The summed E-state index contributed by atoms with van der Waals surface area (Å²) in [5, 5.41) is 32.8. The van der Waals surface area contributed by atoms with Crippen LogP contribution in [0, 0.1) is 10.1 Å². The van der Waals surface area contributed by atoms with Gasteiger partial charge in [-0.15, -0.1) is 0 Å². The number of phenolic OH excluding ortho intramolecular Hbond substituents is 2. The minimum atomic E-state index is -0.569. The highest BCUT2D eigenvalue weighted by molar-refractivity contribution is 5.83. The van der Waals surface area contributed by atoms with Crippen molar-refractivity contribution < 1.29 is 24.7 Å². The first-order chi connectivity index (χ1) is 11.5. The maximum Gasteiger partial charge on any atom is 0.277 e. The number of nitro groups is 1. The van der Waals surface area contributed by atoms with Crippen molar-refractivity contribution in [3.05, 3.63) is 58.1 Å². The lowest BCUT2D eigenvalue weighted by Crippen LogP contribution is -2.24. The molecule has 0 aliphatic rings. The number of nitrogens with one attached hydrogen (secondary N) is 1. The average molecular weight is 331 g/mol. The number of rotatable bonds is 6. The first kappa shape index (κ1) is 16.7. The first-order valence-corrected chi connectivity index (χ1v) is 6.67. The molecule has 9 heteroatoms. The summed E-state index contributed by atoms with van der Waals surface area (Å²) in [6, 6.07) is 9.49. The van der Waals surface area contributed by atoms with Gasteiger partial charge in [0.1, 0.15) is 5.75 Å². The molecule has 0 fully saturated rings. The van der Waals surface area contributed by atoms with E-state index in [0.29, 0.717) is 5.56 Å². The summed E-state index contributed by atoms with van der Waals surface area (Å²) in [5.74, 6) is -0.951. The zero-order chi connectivity index (χ0) is 17.5. The summed E-state index contributed by atoms with van der Waals surface area (Å²) < 4.78 is 5.13. The lowest BCUT2D eigenvalue weighted by atomic mass is 10.2. The Balaban J connectivity index is 1.85. The topological polar surface area (TPSA) is 134 Å². The van der Waals surface area contributed by atoms with Gasteiger partial charge in [-0.3, -0.25) is 14.9 Å². The number of hydrogen-bond acceptors (Lipinski definition) is 7. The Morgan fingerprint density at radius 3 is 2.75 bits per heavy atom. The number of nitro benzene ring substituents is 1. The third kappa shape index (κ3) is 4.70. The van der Waals surface area contributed by atoms with Gasteiger partial charge in [0.05, 0.1) is 17.2 Å². The summed E-state index contributed by atoms with van der Waals surface area (Å²) in [5.41, 5.74) is 2.52. The fourth-order valence-corrected chi connectivity index (χ4v) is 1.67. The van der Waals surface area contributed by atoms with Gasteiger partial charge in [-0.1, -0.05) is 6.07 Å². The highest BCUT2D eigenvalue weighted by Crippen LogP contribution is 2.24. The lowest BCUT2D eigenvalue weighted by Gasteiger charge is -2.04. The lowest BCUT2D eigenvalue weighted by molar-refractivity contribution is -0.384. The molecule has 2 aromatic rings. The molecule has 24 heavy (non-hydrogen) atoms. The van der Waals surface area contributed by atoms with Crippen LogP contribution < -0.4 is 10.2 Å². The third-order valence-electron chi connectivity index (χ3n) is 2.80. The van der Waals surface area contributed by atoms with Crippen molar-refractivity contribution in [1.82, 2.24) is 5.43 Å². The van der Waals surface area contributed by atoms with Crippen molar-refractivity contribution in [2.75, 3.05) is 6.61 Å². The van der Waals surface area contributed by atoms with E-state index in [0.717, 1.165) is 0 Å². The van der Waals surface area contributed by atoms with E-state index in [2.05, 4.69) is 10.5 Å². The number of aromatic hydroxyl groups is 2. The monoisotopic (exact) mass is 331 g/mol. The molecule has 0 aliphatic carbocycles. The smallest absolute Gasteiger partial charge is 0.277 e.